The third-order valence-corrected chi connectivity index (χ3v) is 4.45. The smallest absolute Gasteiger partial charge is 0.410 e. The molecule has 0 radical (unpaired) electrons. The number of hydrogen-bond donors (Lipinski definition) is 0. The molecular weight excluding hydrogens is 266 g/mol. The molecule has 4 nitrogen and oxygen atoms in total. The zero-order valence-electron chi connectivity index (χ0n) is 12.2. The number of carbonyl (C=O) groups excluding carboxylic acids is 2. The number of piperidine rings is 1. The van der Waals surface area contributed by atoms with E-state index in [4.69, 9.17) is 4.74 Å². The summed E-state index contributed by atoms with van der Waals surface area (Å²) in [6, 6.07) is 9.78. The van der Waals surface area contributed by atoms with Gasteiger partial charge in [0.15, 0.2) is 0 Å². The quantitative estimate of drug-likeness (QED) is 0.838. The number of ether oxygens (including phenoxy) is 1. The molecule has 4 heteroatoms. The average molecular weight is 287 g/mol. The monoisotopic (exact) mass is 287 g/mol. The molecule has 2 atom stereocenters. The van der Waals surface area contributed by atoms with Crippen LogP contribution in [-0.2, 0) is 16.1 Å². The van der Waals surface area contributed by atoms with Gasteiger partial charge in [0.25, 0.3) is 0 Å². The topological polar surface area (TPSA) is 46.6 Å². The Morgan fingerprint density at radius 3 is 2.33 bits per heavy atom. The number of ketones is 1. The van der Waals surface area contributed by atoms with Crippen LogP contribution in [0, 0.1) is 0 Å². The molecule has 0 spiro atoms. The van der Waals surface area contributed by atoms with Crippen molar-refractivity contribution in [2.75, 3.05) is 0 Å². The van der Waals surface area contributed by atoms with Gasteiger partial charge in [-0.3, -0.25) is 4.79 Å². The van der Waals surface area contributed by atoms with Crippen molar-refractivity contribution in [3.05, 3.63) is 35.9 Å². The predicted molar refractivity (Wildman–Crippen MR) is 78.8 cm³/mol. The highest BCUT2D eigenvalue weighted by molar-refractivity contribution is 5.83. The van der Waals surface area contributed by atoms with E-state index in [1.807, 2.05) is 35.2 Å². The SMILES string of the molecule is O=C1C[C@H]2CCCC[C@@H](C1)N2C(=O)OCc1ccccc1. The molecular formula is C17H21NO3. The van der Waals surface area contributed by atoms with Crippen LogP contribution in [-0.4, -0.2) is 28.9 Å². The Morgan fingerprint density at radius 2 is 1.71 bits per heavy atom. The number of nitrogens with zero attached hydrogens (tertiary/aromatic N) is 1. The molecule has 2 heterocycles. The second-order valence-corrected chi connectivity index (χ2v) is 5.99. The first-order valence-electron chi connectivity index (χ1n) is 7.75. The first-order valence-corrected chi connectivity index (χ1v) is 7.75. The number of amides is 1. The lowest BCUT2D eigenvalue weighted by Crippen LogP contribution is -2.51. The van der Waals surface area contributed by atoms with Crippen molar-refractivity contribution in [3.63, 3.8) is 0 Å². The maximum Gasteiger partial charge on any atom is 0.410 e. The maximum absolute atomic E-state index is 12.4. The van der Waals surface area contributed by atoms with Gasteiger partial charge >= 0.3 is 6.09 Å². The van der Waals surface area contributed by atoms with Crippen LogP contribution in [0.15, 0.2) is 30.3 Å². The van der Waals surface area contributed by atoms with Gasteiger partial charge in [-0.25, -0.2) is 4.79 Å². The average Bonchev–Trinajstić information content (AvgIpc) is 2.62. The molecule has 0 unspecified atom stereocenters. The van der Waals surface area contributed by atoms with Crippen molar-refractivity contribution in [2.45, 2.75) is 57.2 Å². The number of hydrogen-bond acceptors (Lipinski definition) is 3. The van der Waals surface area contributed by atoms with E-state index in [0.717, 1.165) is 31.2 Å². The van der Waals surface area contributed by atoms with Crippen molar-refractivity contribution in [1.82, 2.24) is 4.90 Å². The summed E-state index contributed by atoms with van der Waals surface area (Å²) in [6.45, 7) is 0.295. The Kier molecular flexibility index (Phi) is 4.23. The fraction of sp³-hybridized carbons (Fsp3) is 0.529. The van der Waals surface area contributed by atoms with Crippen molar-refractivity contribution in [2.24, 2.45) is 0 Å². The Balaban J connectivity index is 1.66. The Hall–Kier alpha value is -1.84. The number of Topliss-reactive ketones (excluding diaryl/α,β-unsaturated/α-hetero) is 1. The molecule has 1 amide bonds. The first-order chi connectivity index (χ1) is 10.2. The highest BCUT2D eigenvalue weighted by Crippen LogP contribution is 2.31. The van der Waals surface area contributed by atoms with Crippen LogP contribution in [0.4, 0.5) is 4.79 Å². The van der Waals surface area contributed by atoms with Gasteiger partial charge in [-0.1, -0.05) is 43.2 Å². The van der Waals surface area contributed by atoms with Crippen LogP contribution in [0.1, 0.15) is 44.1 Å². The molecule has 2 fully saturated rings. The lowest BCUT2D eigenvalue weighted by molar-refractivity contribution is -0.124. The van der Waals surface area contributed by atoms with E-state index >= 15 is 0 Å². The van der Waals surface area contributed by atoms with Crippen LogP contribution in [0.3, 0.4) is 0 Å². The van der Waals surface area contributed by atoms with Gasteiger partial charge in [0, 0.05) is 24.9 Å². The maximum atomic E-state index is 12.4. The zero-order valence-corrected chi connectivity index (χ0v) is 12.2. The number of carbonyl (C=O) groups is 2. The van der Waals surface area contributed by atoms with Crippen molar-refractivity contribution in [3.8, 4) is 0 Å². The molecule has 0 N–H and O–H groups in total. The van der Waals surface area contributed by atoms with Crippen molar-refractivity contribution in [1.29, 1.82) is 0 Å². The minimum Gasteiger partial charge on any atom is -0.445 e. The molecule has 2 aliphatic rings. The van der Waals surface area contributed by atoms with Gasteiger partial charge < -0.3 is 9.64 Å². The van der Waals surface area contributed by atoms with Crippen LogP contribution >= 0.6 is 0 Å². The minimum atomic E-state index is -0.261. The number of fused-ring (bicyclic) bond motifs is 2. The Morgan fingerprint density at radius 1 is 1.10 bits per heavy atom. The fourth-order valence-electron chi connectivity index (χ4n) is 3.44. The van der Waals surface area contributed by atoms with E-state index in [0.29, 0.717) is 25.2 Å². The molecule has 0 saturated carbocycles. The van der Waals surface area contributed by atoms with Gasteiger partial charge in [0.05, 0.1) is 0 Å². The third kappa shape index (κ3) is 3.26. The molecule has 1 aromatic carbocycles. The lowest BCUT2D eigenvalue weighted by Gasteiger charge is -2.39. The van der Waals surface area contributed by atoms with E-state index in [9.17, 15) is 9.59 Å². The van der Waals surface area contributed by atoms with E-state index in [-0.39, 0.29) is 18.2 Å². The minimum absolute atomic E-state index is 0.0435. The van der Waals surface area contributed by atoms with Crippen LogP contribution in [0.5, 0.6) is 0 Å². The van der Waals surface area contributed by atoms with Crippen molar-refractivity contribution < 1.29 is 14.3 Å². The van der Waals surface area contributed by atoms with Crippen LogP contribution in [0.25, 0.3) is 0 Å². The summed E-state index contributed by atoms with van der Waals surface area (Å²) in [5.74, 6) is 0.291. The van der Waals surface area contributed by atoms with Gasteiger partial charge in [0.1, 0.15) is 12.4 Å². The summed E-state index contributed by atoms with van der Waals surface area (Å²) in [6.07, 6.45) is 4.76. The summed E-state index contributed by atoms with van der Waals surface area (Å²) in [5.41, 5.74) is 0.988. The highest BCUT2D eigenvalue weighted by Gasteiger charge is 2.39. The van der Waals surface area contributed by atoms with E-state index in [1.165, 1.54) is 0 Å². The zero-order chi connectivity index (χ0) is 14.7. The molecule has 0 aromatic heterocycles. The summed E-state index contributed by atoms with van der Waals surface area (Å²) in [5, 5.41) is 0. The first kappa shape index (κ1) is 14.1. The second-order valence-electron chi connectivity index (χ2n) is 5.99. The second kappa shape index (κ2) is 6.29. The summed E-state index contributed by atoms with van der Waals surface area (Å²) in [4.78, 5) is 26.1. The third-order valence-electron chi connectivity index (χ3n) is 4.45. The normalized spacial score (nSPS) is 25.3. The van der Waals surface area contributed by atoms with E-state index in [1.54, 1.807) is 0 Å². The molecule has 21 heavy (non-hydrogen) atoms. The van der Waals surface area contributed by atoms with Gasteiger partial charge in [-0.2, -0.15) is 0 Å². The van der Waals surface area contributed by atoms with Crippen LogP contribution < -0.4 is 0 Å². The summed E-state index contributed by atoms with van der Waals surface area (Å²) < 4.78 is 5.47. The fourth-order valence-corrected chi connectivity index (χ4v) is 3.44. The van der Waals surface area contributed by atoms with E-state index in [2.05, 4.69) is 0 Å². The standard InChI is InChI=1S/C17H21NO3/c19-16-10-14-8-4-5-9-15(11-16)18(14)17(20)21-12-13-6-2-1-3-7-13/h1-3,6-7,14-15H,4-5,8-12H2/t14-,15+. The Bertz CT molecular complexity index is 496. The van der Waals surface area contributed by atoms with Gasteiger partial charge in [-0.05, 0) is 18.4 Å². The molecule has 2 aliphatic heterocycles. The van der Waals surface area contributed by atoms with Gasteiger partial charge in [0.2, 0.25) is 0 Å². The molecule has 3 rings (SSSR count). The lowest BCUT2D eigenvalue weighted by atomic mass is 9.94. The highest BCUT2D eigenvalue weighted by atomic mass is 16.6. The largest absolute Gasteiger partial charge is 0.445 e. The van der Waals surface area contributed by atoms with E-state index < -0.39 is 0 Å². The predicted octanol–water partition coefficient (Wildman–Crippen LogP) is 3.30. The van der Waals surface area contributed by atoms with Gasteiger partial charge in [-0.15, -0.1) is 0 Å². The molecule has 2 saturated heterocycles. The van der Waals surface area contributed by atoms with Crippen molar-refractivity contribution >= 4 is 11.9 Å². The Labute approximate surface area is 125 Å². The van der Waals surface area contributed by atoms with Crippen LogP contribution in [0.2, 0.25) is 0 Å². The summed E-state index contributed by atoms with van der Waals surface area (Å²) in [7, 11) is 0. The molecule has 112 valence electrons. The molecule has 2 bridgehead atoms. The molecule has 0 aliphatic carbocycles. The summed E-state index contributed by atoms with van der Waals surface area (Å²) >= 11 is 0. The molecule has 1 aromatic rings. The number of benzene rings is 1. The number of rotatable bonds is 2.